The fraction of sp³-hybridized carbons (Fsp3) is 0.318. The van der Waals surface area contributed by atoms with Crippen LogP contribution in [0, 0.1) is 0 Å². The van der Waals surface area contributed by atoms with Crippen LogP contribution in [0.25, 0.3) is 10.9 Å². The molecular weight excluding hydrogens is 418 g/mol. The fourth-order valence-corrected chi connectivity index (χ4v) is 5.42. The number of methoxy groups -OCH3 is 1. The van der Waals surface area contributed by atoms with Crippen molar-refractivity contribution >= 4 is 32.5 Å². The van der Waals surface area contributed by atoms with E-state index in [4.69, 9.17) is 9.47 Å². The molecule has 8 nitrogen and oxygen atoms in total. The highest BCUT2D eigenvalue weighted by atomic mass is 32.2. The Hall–Kier alpha value is -2.88. The average molecular weight is 444 g/mol. The molecule has 31 heavy (non-hydrogen) atoms. The number of sulfonamides is 1. The van der Waals surface area contributed by atoms with Gasteiger partial charge in [0.1, 0.15) is 10.6 Å². The van der Waals surface area contributed by atoms with Gasteiger partial charge in [0.2, 0.25) is 15.9 Å². The summed E-state index contributed by atoms with van der Waals surface area (Å²) in [4.78, 5) is 12.8. The number of carbonyl (C=O) groups excluding carboxylic acids is 1. The molecule has 1 saturated heterocycles. The van der Waals surface area contributed by atoms with E-state index < -0.39 is 10.0 Å². The first-order chi connectivity index (χ1) is 14.9. The van der Waals surface area contributed by atoms with Gasteiger partial charge in [0, 0.05) is 42.9 Å². The lowest BCUT2D eigenvalue weighted by Gasteiger charge is -2.26. The fourth-order valence-electron chi connectivity index (χ4n) is 3.83. The van der Waals surface area contributed by atoms with Gasteiger partial charge in [-0.25, -0.2) is 8.42 Å². The molecule has 0 unspecified atom stereocenters. The minimum Gasteiger partial charge on any atom is -0.495 e. The minimum atomic E-state index is -3.77. The van der Waals surface area contributed by atoms with Crippen LogP contribution in [0.15, 0.2) is 53.6 Å². The summed E-state index contributed by atoms with van der Waals surface area (Å²) in [6.45, 7) is 1.26. The lowest BCUT2D eigenvalue weighted by Crippen LogP contribution is -2.40. The number of benzene rings is 2. The van der Waals surface area contributed by atoms with Crippen molar-refractivity contribution in [3.8, 4) is 5.75 Å². The second kappa shape index (κ2) is 8.70. The number of fused-ring (bicyclic) bond motifs is 1. The van der Waals surface area contributed by atoms with Crippen LogP contribution in [0.5, 0.6) is 5.75 Å². The molecule has 0 saturated carbocycles. The molecule has 2 aromatic carbocycles. The summed E-state index contributed by atoms with van der Waals surface area (Å²) in [7, 11) is -0.410. The summed E-state index contributed by atoms with van der Waals surface area (Å²) < 4.78 is 40.1. The molecule has 0 aliphatic carbocycles. The van der Waals surface area contributed by atoms with Crippen molar-refractivity contribution < 1.29 is 22.7 Å². The number of nitrogens with one attached hydrogen (secondary N) is 1. The number of para-hydroxylation sites is 1. The first-order valence-corrected chi connectivity index (χ1v) is 11.4. The zero-order valence-corrected chi connectivity index (χ0v) is 18.3. The predicted octanol–water partition coefficient (Wildman–Crippen LogP) is 2.39. The molecule has 0 spiro atoms. The van der Waals surface area contributed by atoms with Crippen LogP contribution < -0.4 is 10.1 Å². The molecular formula is C22H25N3O5S. The zero-order valence-electron chi connectivity index (χ0n) is 17.5. The maximum atomic E-state index is 13.1. The highest BCUT2D eigenvalue weighted by Gasteiger charge is 2.29. The van der Waals surface area contributed by atoms with Crippen LogP contribution in [0.3, 0.4) is 0 Å². The third-order valence-electron chi connectivity index (χ3n) is 5.37. The first-order valence-electron chi connectivity index (χ1n) is 9.99. The Balaban J connectivity index is 1.57. The Morgan fingerprint density at radius 2 is 1.90 bits per heavy atom. The van der Waals surface area contributed by atoms with Crippen molar-refractivity contribution in [2.75, 3.05) is 38.7 Å². The maximum Gasteiger partial charge on any atom is 0.246 e. The van der Waals surface area contributed by atoms with Gasteiger partial charge in [-0.1, -0.05) is 18.2 Å². The van der Waals surface area contributed by atoms with Gasteiger partial charge in [0.05, 0.1) is 26.7 Å². The van der Waals surface area contributed by atoms with Gasteiger partial charge in [-0.3, -0.25) is 4.79 Å². The Bertz CT molecular complexity index is 1210. The average Bonchev–Trinajstić information content (AvgIpc) is 3.09. The number of amides is 1. The number of ether oxygens (including phenoxy) is 2. The Morgan fingerprint density at radius 3 is 2.65 bits per heavy atom. The van der Waals surface area contributed by atoms with Crippen molar-refractivity contribution in [2.45, 2.75) is 11.3 Å². The molecule has 164 valence electrons. The lowest BCUT2D eigenvalue weighted by atomic mass is 10.1. The number of hydrogen-bond acceptors (Lipinski definition) is 5. The molecule has 1 fully saturated rings. The van der Waals surface area contributed by atoms with Gasteiger partial charge in [-0.05, 0) is 29.8 Å². The van der Waals surface area contributed by atoms with E-state index in [1.807, 2.05) is 42.1 Å². The third kappa shape index (κ3) is 4.30. The second-order valence-electron chi connectivity index (χ2n) is 7.39. The third-order valence-corrected chi connectivity index (χ3v) is 7.29. The molecule has 3 aromatic rings. The second-order valence-corrected chi connectivity index (χ2v) is 9.30. The Labute approximate surface area is 181 Å². The molecule has 0 atom stereocenters. The van der Waals surface area contributed by atoms with E-state index in [9.17, 15) is 13.2 Å². The van der Waals surface area contributed by atoms with Crippen LogP contribution in [0.1, 0.15) is 5.56 Å². The Kier molecular flexibility index (Phi) is 5.99. The molecule has 9 heteroatoms. The highest BCUT2D eigenvalue weighted by molar-refractivity contribution is 7.89. The molecule has 0 radical (unpaired) electrons. The van der Waals surface area contributed by atoms with E-state index in [2.05, 4.69) is 5.32 Å². The standard InChI is InChI=1S/C22H25N3O5S/c1-24-15-16(18-5-3-4-6-19(18)24)13-22(26)23-17-7-8-20(29-2)21(14-17)31(27,28)25-9-11-30-12-10-25/h3-8,14-15H,9-13H2,1-2H3,(H,23,26). The van der Waals surface area contributed by atoms with E-state index in [0.717, 1.165) is 16.5 Å². The van der Waals surface area contributed by atoms with Crippen molar-refractivity contribution in [1.82, 2.24) is 8.87 Å². The number of carbonyl (C=O) groups is 1. The molecule has 1 N–H and O–H groups in total. The minimum absolute atomic E-state index is 0.0276. The van der Waals surface area contributed by atoms with Crippen molar-refractivity contribution in [2.24, 2.45) is 7.05 Å². The van der Waals surface area contributed by atoms with Crippen LogP contribution in [-0.2, 0) is 33.0 Å². The number of aryl methyl sites for hydroxylation is 1. The van der Waals surface area contributed by atoms with Gasteiger partial charge in [-0.15, -0.1) is 0 Å². The summed E-state index contributed by atoms with van der Waals surface area (Å²) in [6, 6.07) is 12.5. The van der Waals surface area contributed by atoms with Crippen LogP contribution in [0.2, 0.25) is 0 Å². The van der Waals surface area contributed by atoms with E-state index in [0.29, 0.717) is 18.9 Å². The van der Waals surface area contributed by atoms with Crippen LogP contribution >= 0.6 is 0 Å². The predicted molar refractivity (Wildman–Crippen MR) is 118 cm³/mol. The largest absolute Gasteiger partial charge is 0.495 e. The van der Waals surface area contributed by atoms with Gasteiger partial charge >= 0.3 is 0 Å². The SMILES string of the molecule is COc1ccc(NC(=O)Cc2cn(C)c3ccccc23)cc1S(=O)(=O)N1CCOCC1. The van der Waals surface area contributed by atoms with Gasteiger partial charge in [0.25, 0.3) is 0 Å². The monoisotopic (exact) mass is 443 g/mol. The summed E-state index contributed by atoms with van der Waals surface area (Å²) in [5, 5.41) is 3.84. The Morgan fingerprint density at radius 1 is 1.16 bits per heavy atom. The lowest BCUT2D eigenvalue weighted by molar-refractivity contribution is -0.115. The van der Waals surface area contributed by atoms with Crippen LogP contribution in [-0.4, -0.2) is 56.6 Å². The molecule has 1 amide bonds. The quantitative estimate of drug-likeness (QED) is 0.632. The molecule has 0 bridgehead atoms. The van der Waals surface area contributed by atoms with E-state index >= 15 is 0 Å². The van der Waals surface area contributed by atoms with Gasteiger partial charge < -0.3 is 19.4 Å². The molecule has 4 rings (SSSR count). The van der Waals surface area contributed by atoms with Crippen LogP contribution in [0.4, 0.5) is 5.69 Å². The number of morpholine rings is 1. The topological polar surface area (TPSA) is 89.9 Å². The van der Waals surface area contributed by atoms with Gasteiger partial charge in [0.15, 0.2) is 0 Å². The van der Waals surface area contributed by atoms with E-state index in [-0.39, 0.29) is 36.1 Å². The van der Waals surface area contributed by atoms with E-state index in [1.165, 1.54) is 17.5 Å². The summed E-state index contributed by atoms with van der Waals surface area (Å²) in [5.74, 6) is 0.00906. The smallest absolute Gasteiger partial charge is 0.246 e. The van der Waals surface area contributed by atoms with E-state index in [1.54, 1.807) is 12.1 Å². The normalized spacial score (nSPS) is 15.2. The number of aromatic nitrogens is 1. The maximum absolute atomic E-state index is 13.1. The summed E-state index contributed by atoms with van der Waals surface area (Å²) in [6.07, 6.45) is 2.12. The molecule has 1 aliphatic rings. The number of anilines is 1. The highest BCUT2D eigenvalue weighted by Crippen LogP contribution is 2.30. The summed E-state index contributed by atoms with van der Waals surface area (Å²) in [5.41, 5.74) is 2.36. The zero-order chi connectivity index (χ0) is 22.0. The number of hydrogen-bond donors (Lipinski definition) is 1. The van der Waals surface area contributed by atoms with Crippen molar-refractivity contribution in [3.05, 3.63) is 54.2 Å². The van der Waals surface area contributed by atoms with Crippen molar-refractivity contribution in [1.29, 1.82) is 0 Å². The first kappa shape index (κ1) is 21.4. The number of rotatable bonds is 6. The summed E-state index contributed by atoms with van der Waals surface area (Å²) >= 11 is 0. The molecule has 2 heterocycles. The number of nitrogens with zero attached hydrogens (tertiary/aromatic N) is 2. The van der Waals surface area contributed by atoms with Crippen molar-refractivity contribution in [3.63, 3.8) is 0 Å². The molecule has 1 aromatic heterocycles. The molecule has 1 aliphatic heterocycles. The van der Waals surface area contributed by atoms with Gasteiger partial charge in [-0.2, -0.15) is 4.31 Å².